The van der Waals surface area contributed by atoms with Crippen molar-refractivity contribution in [2.24, 2.45) is 5.73 Å². The molecule has 3 aromatic rings. The molecule has 3 rings (SSSR count). The van der Waals surface area contributed by atoms with Gasteiger partial charge in [0.2, 0.25) is 0 Å². The Morgan fingerprint density at radius 2 is 2.05 bits per heavy atom. The normalized spacial score (nSPS) is 10.7. The average molecular weight is 282 g/mol. The lowest BCUT2D eigenvalue weighted by molar-refractivity contribution is 1.06. The Balaban J connectivity index is 1.97. The van der Waals surface area contributed by atoms with Crippen molar-refractivity contribution in [1.29, 1.82) is 0 Å². The average Bonchev–Trinajstić information content (AvgIpc) is 2.97. The second-order valence-electron chi connectivity index (χ2n) is 4.43. The number of hydrogen-bond acceptors (Lipinski definition) is 5. The molecule has 0 radical (unpaired) electrons. The van der Waals surface area contributed by atoms with Crippen LogP contribution in [0.15, 0.2) is 41.9 Å². The van der Waals surface area contributed by atoms with Crippen LogP contribution in [0.2, 0.25) is 0 Å². The van der Waals surface area contributed by atoms with Crippen LogP contribution in [0.1, 0.15) is 11.4 Å². The minimum absolute atomic E-state index is 0.538. The Morgan fingerprint density at radius 1 is 1.15 bits per heavy atom. The van der Waals surface area contributed by atoms with Crippen LogP contribution < -0.4 is 5.73 Å². The lowest BCUT2D eigenvalue weighted by atomic mass is 10.1. The monoisotopic (exact) mass is 282 g/mol. The minimum atomic E-state index is 0.538. The Labute approximate surface area is 121 Å². The van der Waals surface area contributed by atoms with E-state index in [4.69, 9.17) is 5.73 Å². The van der Waals surface area contributed by atoms with E-state index in [9.17, 15) is 0 Å². The van der Waals surface area contributed by atoms with Crippen molar-refractivity contribution >= 4 is 11.3 Å². The number of nitrogens with zero attached hydrogens (tertiary/aromatic N) is 3. The number of nitrogens with two attached hydrogens (primary N) is 1. The Kier molecular flexibility index (Phi) is 3.54. The van der Waals surface area contributed by atoms with Crippen LogP contribution in [0.4, 0.5) is 0 Å². The van der Waals surface area contributed by atoms with E-state index in [2.05, 4.69) is 21.0 Å². The van der Waals surface area contributed by atoms with E-state index in [0.29, 0.717) is 6.54 Å². The number of aromatic nitrogens is 3. The van der Waals surface area contributed by atoms with Crippen LogP contribution in [0, 0.1) is 6.92 Å². The predicted molar refractivity (Wildman–Crippen MR) is 81.2 cm³/mol. The SMILES string of the molecule is Cc1nccc(-c2nc(-c3cccc(CN)c3)cs2)n1. The highest BCUT2D eigenvalue weighted by Gasteiger charge is 2.08. The molecule has 0 saturated heterocycles. The standard InChI is InChI=1S/C15H14N4S/c1-10-17-6-5-13(18-10)15-19-14(9-20-15)12-4-2-3-11(7-12)8-16/h2-7,9H,8,16H2,1H3. The zero-order valence-corrected chi connectivity index (χ0v) is 11.9. The van der Waals surface area contributed by atoms with Gasteiger partial charge in [-0.05, 0) is 24.6 Å². The minimum Gasteiger partial charge on any atom is -0.326 e. The number of aryl methyl sites for hydroxylation is 1. The second-order valence-corrected chi connectivity index (χ2v) is 5.29. The second kappa shape index (κ2) is 5.48. The fourth-order valence-electron chi connectivity index (χ4n) is 1.96. The van der Waals surface area contributed by atoms with Crippen molar-refractivity contribution in [2.45, 2.75) is 13.5 Å². The summed E-state index contributed by atoms with van der Waals surface area (Å²) < 4.78 is 0. The predicted octanol–water partition coefficient (Wildman–Crippen LogP) is 3.03. The Bertz CT molecular complexity index is 736. The Morgan fingerprint density at radius 3 is 2.85 bits per heavy atom. The van der Waals surface area contributed by atoms with Crippen LogP contribution in [-0.4, -0.2) is 15.0 Å². The molecule has 0 fully saturated rings. The summed E-state index contributed by atoms with van der Waals surface area (Å²) in [5, 5.41) is 2.95. The number of hydrogen-bond donors (Lipinski definition) is 1. The van der Waals surface area contributed by atoms with E-state index in [1.54, 1.807) is 17.5 Å². The molecule has 0 unspecified atom stereocenters. The fraction of sp³-hybridized carbons (Fsp3) is 0.133. The zero-order valence-electron chi connectivity index (χ0n) is 11.1. The number of rotatable bonds is 3. The van der Waals surface area contributed by atoms with Gasteiger partial charge < -0.3 is 5.73 Å². The molecule has 0 amide bonds. The summed E-state index contributed by atoms with van der Waals surface area (Å²) >= 11 is 1.59. The van der Waals surface area contributed by atoms with Gasteiger partial charge in [-0.1, -0.05) is 18.2 Å². The molecule has 0 saturated carbocycles. The summed E-state index contributed by atoms with van der Waals surface area (Å²) in [5.74, 6) is 0.754. The molecule has 4 nitrogen and oxygen atoms in total. The largest absolute Gasteiger partial charge is 0.326 e. The van der Waals surface area contributed by atoms with Crippen molar-refractivity contribution in [1.82, 2.24) is 15.0 Å². The van der Waals surface area contributed by atoms with Crippen molar-refractivity contribution in [3.05, 3.63) is 53.3 Å². The van der Waals surface area contributed by atoms with Gasteiger partial charge >= 0.3 is 0 Å². The van der Waals surface area contributed by atoms with Crippen molar-refractivity contribution in [2.75, 3.05) is 0 Å². The summed E-state index contributed by atoms with van der Waals surface area (Å²) in [7, 11) is 0. The van der Waals surface area contributed by atoms with E-state index in [0.717, 1.165) is 33.3 Å². The molecule has 0 spiro atoms. The van der Waals surface area contributed by atoms with E-state index in [1.165, 1.54) is 0 Å². The van der Waals surface area contributed by atoms with Crippen LogP contribution in [0.3, 0.4) is 0 Å². The molecule has 1 aromatic carbocycles. The topological polar surface area (TPSA) is 64.7 Å². The third-order valence-electron chi connectivity index (χ3n) is 2.96. The molecule has 20 heavy (non-hydrogen) atoms. The van der Waals surface area contributed by atoms with Gasteiger partial charge in [-0.3, -0.25) is 0 Å². The molecule has 2 N–H and O–H groups in total. The van der Waals surface area contributed by atoms with Gasteiger partial charge in [0.1, 0.15) is 16.5 Å². The first-order chi connectivity index (χ1) is 9.76. The fourth-order valence-corrected chi connectivity index (χ4v) is 2.75. The quantitative estimate of drug-likeness (QED) is 0.802. The first kappa shape index (κ1) is 12.9. The van der Waals surface area contributed by atoms with Gasteiger partial charge in [-0.15, -0.1) is 11.3 Å². The highest BCUT2D eigenvalue weighted by atomic mass is 32.1. The Hall–Kier alpha value is -2.11. The van der Waals surface area contributed by atoms with Crippen LogP contribution in [-0.2, 0) is 6.54 Å². The van der Waals surface area contributed by atoms with Gasteiger partial charge in [0, 0.05) is 23.7 Å². The third kappa shape index (κ3) is 2.59. The molecular weight excluding hydrogens is 268 g/mol. The molecule has 0 atom stereocenters. The molecule has 0 aliphatic carbocycles. The highest BCUT2D eigenvalue weighted by Crippen LogP contribution is 2.28. The maximum absolute atomic E-state index is 5.67. The first-order valence-electron chi connectivity index (χ1n) is 6.31. The van der Waals surface area contributed by atoms with Crippen LogP contribution in [0.25, 0.3) is 22.0 Å². The molecule has 5 heteroatoms. The molecule has 0 bridgehead atoms. The van der Waals surface area contributed by atoms with Gasteiger partial charge in [0.15, 0.2) is 0 Å². The van der Waals surface area contributed by atoms with Crippen molar-refractivity contribution in [3.63, 3.8) is 0 Å². The van der Waals surface area contributed by atoms with Gasteiger partial charge in [-0.2, -0.15) is 0 Å². The summed E-state index contributed by atoms with van der Waals surface area (Å²) in [4.78, 5) is 13.2. The molecule has 100 valence electrons. The molecular formula is C15H14N4S. The highest BCUT2D eigenvalue weighted by molar-refractivity contribution is 7.13. The van der Waals surface area contributed by atoms with Crippen molar-refractivity contribution < 1.29 is 0 Å². The van der Waals surface area contributed by atoms with Gasteiger partial charge in [-0.25, -0.2) is 15.0 Å². The summed E-state index contributed by atoms with van der Waals surface area (Å²) in [6.45, 7) is 2.42. The third-order valence-corrected chi connectivity index (χ3v) is 3.82. The summed E-state index contributed by atoms with van der Waals surface area (Å²) in [6, 6.07) is 10.0. The van der Waals surface area contributed by atoms with E-state index in [1.807, 2.05) is 36.6 Å². The van der Waals surface area contributed by atoms with Gasteiger partial charge in [0.05, 0.1) is 5.69 Å². The molecule has 0 aliphatic heterocycles. The molecule has 2 heterocycles. The molecule has 2 aromatic heterocycles. The van der Waals surface area contributed by atoms with E-state index < -0.39 is 0 Å². The van der Waals surface area contributed by atoms with Crippen LogP contribution in [0.5, 0.6) is 0 Å². The van der Waals surface area contributed by atoms with Crippen LogP contribution >= 0.6 is 11.3 Å². The summed E-state index contributed by atoms with van der Waals surface area (Å²) in [6.07, 6.45) is 1.76. The maximum Gasteiger partial charge on any atom is 0.142 e. The summed E-state index contributed by atoms with van der Waals surface area (Å²) in [5.41, 5.74) is 9.69. The smallest absolute Gasteiger partial charge is 0.142 e. The lowest BCUT2D eigenvalue weighted by Gasteiger charge is -2.00. The molecule has 0 aliphatic rings. The first-order valence-corrected chi connectivity index (χ1v) is 7.19. The number of thiazole rings is 1. The number of benzene rings is 1. The zero-order chi connectivity index (χ0) is 13.9. The van der Waals surface area contributed by atoms with Gasteiger partial charge in [0.25, 0.3) is 0 Å². The van der Waals surface area contributed by atoms with Crippen molar-refractivity contribution in [3.8, 4) is 22.0 Å². The van der Waals surface area contributed by atoms with E-state index in [-0.39, 0.29) is 0 Å². The lowest BCUT2D eigenvalue weighted by Crippen LogP contribution is -1.95. The maximum atomic E-state index is 5.67. The van der Waals surface area contributed by atoms with E-state index >= 15 is 0 Å².